The first kappa shape index (κ1) is 7.32. The normalized spacial score (nSPS) is 11.8. The van der Waals surface area contributed by atoms with Gasteiger partial charge in [-0.3, -0.25) is 0 Å². The van der Waals surface area contributed by atoms with Crippen LogP contribution < -0.4 is 0 Å². The van der Waals surface area contributed by atoms with Crippen molar-refractivity contribution in [1.29, 1.82) is 0 Å². The topological polar surface area (TPSA) is 40.5 Å². The Kier molecular flexibility index (Phi) is 4.10. The Morgan fingerprint density at radius 3 is 2.62 bits per heavy atom. The molecule has 0 aromatic carbocycles. The molecule has 0 radical (unpaired) electrons. The van der Waals surface area contributed by atoms with Crippen molar-refractivity contribution >= 4 is 0 Å². The van der Waals surface area contributed by atoms with Gasteiger partial charge in [-0.2, -0.15) is 0 Å². The molecule has 0 aromatic rings. The molecule has 0 aromatic heterocycles. The van der Waals surface area contributed by atoms with E-state index in [1.54, 1.807) is 6.11 Å². The van der Waals surface area contributed by atoms with Gasteiger partial charge in [-0.25, -0.2) is 0 Å². The van der Waals surface area contributed by atoms with Crippen molar-refractivity contribution in [3.8, 4) is 12.0 Å². The minimum atomic E-state index is -0.648. The molecule has 2 heteroatoms. The summed E-state index contributed by atoms with van der Waals surface area (Å²) in [6, 6.07) is 0. The van der Waals surface area contributed by atoms with Crippen LogP contribution in [-0.4, -0.2) is 16.3 Å². The maximum absolute atomic E-state index is 8.72. The van der Waals surface area contributed by atoms with Gasteiger partial charge >= 0.3 is 0 Å². The lowest BCUT2D eigenvalue weighted by Crippen LogP contribution is -2.00. The van der Waals surface area contributed by atoms with Gasteiger partial charge in [-0.05, 0) is 12.3 Å². The first-order valence-corrected chi connectivity index (χ1v) is 2.64. The summed E-state index contributed by atoms with van der Waals surface area (Å²) >= 11 is 0. The Morgan fingerprint density at radius 1 is 1.62 bits per heavy atom. The number of rotatable bonds is 2. The van der Waals surface area contributed by atoms with Crippen molar-refractivity contribution in [3.05, 3.63) is 0 Å². The van der Waals surface area contributed by atoms with Crippen molar-refractivity contribution in [1.82, 2.24) is 0 Å². The average Bonchev–Trinajstić information content (AvgIpc) is 1.68. The highest BCUT2D eigenvalue weighted by Crippen LogP contribution is 1.92. The van der Waals surface area contributed by atoms with Crippen molar-refractivity contribution < 1.29 is 10.2 Å². The first-order chi connectivity index (χ1) is 3.81. The Balaban J connectivity index is 3.27. The molecule has 1 unspecified atom stereocenters. The summed E-state index contributed by atoms with van der Waals surface area (Å²) in [7, 11) is 0. The molecular weight excluding hydrogens is 104 g/mol. The Labute approximate surface area is 49.2 Å². The summed E-state index contributed by atoms with van der Waals surface area (Å²) in [6.45, 7) is 1.95. The van der Waals surface area contributed by atoms with Gasteiger partial charge in [-0.15, -0.1) is 0 Å². The zero-order chi connectivity index (χ0) is 6.41. The Bertz CT molecular complexity index is 98.8. The summed E-state index contributed by atoms with van der Waals surface area (Å²) in [5.74, 6) is 2.21. The zero-order valence-electron chi connectivity index (χ0n) is 4.89. The van der Waals surface area contributed by atoms with Gasteiger partial charge in [0.1, 0.15) is 12.2 Å². The highest BCUT2D eigenvalue weighted by Gasteiger charge is 1.93. The zero-order valence-corrected chi connectivity index (χ0v) is 4.89. The lowest BCUT2D eigenvalue weighted by Gasteiger charge is -1.95. The molecular formula is C6H10O2. The summed E-state index contributed by atoms with van der Waals surface area (Å²) in [6.07, 6.45) is 2.52. The van der Waals surface area contributed by atoms with Gasteiger partial charge in [0, 0.05) is 0 Å². The predicted octanol–water partition coefficient (Wildman–Crippen LogP) is 0.481. The monoisotopic (exact) mass is 114 g/mol. The minimum Gasteiger partial charge on any atom is -0.462 e. The molecule has 0 heterocycles. The van der Waals surface area contributed by atoms with Gasteiger partial charge in [0.05, 0.1) is 0 Å². The molecule has 0 spiro atoms. The van der Waals surface area contributed by atoms with E-state index < -0.39 is 6.10 Å². The van der Waals surface area contributed by atoms with Crippen LogP contribution in [0.25, 0.3) is 0 Å². The average molecular weight is 114 g/mol. The van der Waals surface area contributed by atoms with E-state index in [4.69, 9.17) is 10.2 Å². The maximum atomic E-state index is 8.72. The van der Waals surface area contributed by atoms with Crippen LogP contribution in [0.1, 0.15) is 19.8 Å². The van der Waals surface area contributed by atoms with E-state index in [1.165, 1.54) is 0 Å². The maximum Gasteiger partial charge on any atom is 0.118 e. The second-order valence-corrected chi connectivity index (χ2v) is 1.56. The van der Waals surface area contributed by atoms with Crippen molar-refractivity contribution in [2.24, 2.45) is 0 Å². The third-order valence-corrected chi connectivity index (χ3v) is 0.793. The lowest BCUT2D eigenvalue weighted by molar-refractivity contribution is 0.220. The van der Waals surface area contributed by atoms with E-state index in [0.29, 0.717) is 6.42 Å². The third kappa shape index (κ3) is 3.51. The smallest absolute Gasteiger partial charge is 0.118 e. The van der Waals surface area contributed by atoms with E-state index in [2.05, 4.69) is 5.92 Å². The number of hydrogen-bond donors (Lipinski definition) is 2. The van der Waals surface area contributed by atoms with E-state index >= 15 is 0 Å². The Hall–Kier alpha value is -0.680. The number of hydrogen-bond acceptors (Lipinski definition) is 2. The lowest BCUT2D eigenvalue weighted by atomic mass is 10.2. The quantitative estimate of drug-likeness (QED) is 0.512. The van der Waals surface area contributed by atoms with Crippen LogP contribution in [0.4, 0.5) is 0 Å². The molecule has 0 bridgehead atoms. The molecule has 1 atom stereocenters. The molecule has 2 N–H and O–H groups in total. The standard InChI is InChI=1S/C6H10O2/c1-2-3-6(8)4-5-7/h6-8H,2-3H2,1H3. The summed E-state index contributed by atoms with van der Waals surface area (Å²) in [5, 5.41) is 16.7. The van der Waals surface area contributed by atoms with Crippen molar-refractivity contribution in [3.63, 3.8) is 0 Å². The van der Waals surface area contributed by atoms with E-state index in [0.717, 1.165) is 6.42 Å². The predicted molar refractivity (Wildman–Crippen MR) is 30.6 cm³/mol. The highest BCUT2D eigenvalue weighted by atomic mass is 16.3. The number of aliphatic hydroxyl groups is 2. The van der Waals surface area contributed by atoms with Gasteiger partial charge in [0.15, 0.2) is 0 Å². The highest BCUT2D eigenvalue weighted by molar-refractivity contribution is 4.96. The van der Waals surface area contributed by atoms with Crippen LogP contribution in [0.5, 0.6) is 0 Å². The second-order valence-electron chi connectivity index (χ2n) is 1.56. The molecule has 0 rings (SSSR count). The Morgan fingerprint density at radius 2 is 2.25 bits per heavy atom. The van der Waals surface area contributed by atoms with Crippen LogP contribution in [0.2, 0.25) is 0 Å². The van der Waals surface area contributed by atoms with E-state index in [-0.39, 0.29) is 0 Å². The van der Waals surface area contributed by atoms with Crippen LogP contribution in [0.15, 0.2) is 0 Å². The molecule has 0 amide bonds. The molecule has 0 aliphatic carbocycles. The number of aliphatic hydroxyl groups excluding tert-OH is 2. The van der Waals surface area contributed by atoms with Crippen LogP contribution in [0.3, 0.4) is 0 Å². The van der Waals surface area contributed by atoms with Crippen LogP contribution in [-0.2, 0) is 0 Å². The second kappa shape index (κ2) is 4.48. The minimum absolute atomic E-state index is 0.633. The molecule has 0 aliphatic rings. The molecule has 0 saturated carbocycles. The first-order valence-electron chi connectivity index (χ1n) is 2.64. The molecule has 0 aliphatic heterocycles. The largest absolute Gasteiger partial charge is 0.462 e. The summed E-state index contributed by atoms with van der Waals surface area (Å²) in [5.41, 5.74) is 0. The molecule has 2 nitrogen and oxygen atoms in total. The van der Waals surface area contributed by atoms with Crippen molar-refractivity contribution in [2.75, 3.05) is 0 Å². The van der Waals surface area contributed by atoms with Crippen LogP contribution >= 0.6 is 0 Å². The molecule has 46 valence electrons. The summed E-state index contributed by atoms with van der Waals surface area (Å²) in [4.78, 5) is 0. The van der Waals surface area contributed by atoms with E-state index in [1.807, 2.05) is 6.92 Å². The van der Waals surface area contributed by atoms with Crippen molar-refractivity contribution in [2.45, 2.75) is 25.9 Å². The van der Waals surface area contributed by atoms with Crippen LogP contribution in [0, 0.1) is 12.0 Å². The van der Waals surface area contributed by atoms with Gasteiger partial charge < -0.3 is 10.2 Å². The SMILES string of the molecule is CCCC(O)C#CO. The van der Waals surface area contributed by atoms with Gasteiger partial charge in [0.2, 0.25) is 0 Å². The third-order valence-electron chi connectivity index (χ3n) is 0.793. The van der Waals surface area contributed by atoms with Gasteiger partial charge in [0.25, 0.3) is 0 Å². The molecule has 0 fully saturated rings. The van der Waals surface area contributed by atoms with Gasteiger partial charge in [-0.1, -0.05) is 13.3 Å². The fourth-order valence-corrected chi connectivity index (χ4v) is 0.420. The van der Waals surface area contributed by atoms with E-state index in [9.17, 15) is 0 Å². The fraction of sp³-hybridized carbons (Fsp3) is 0.667. The molecule has 8 heavy (non-hydrogen) atoms. The summed E-state index contributed by atoms with van der Waals surface area (Å²) < 4.78 is 0. The fourth-order valence-electron chi connectivity index (χ4n) is 0.420. The molecule has 0 saturated heterocycles.